The Labute approximate surface area is 152 Å². The molecule has 0 amide bonds. The van der Waals surface area contributed by atoms with Crippen LogP contribution >= 0.6 is 0 Å². The van der Waals surface area contributed by atoms with Gasteiger partial charge in [-0.2, -0.15) is 0 Å². The second kappa shape index (κ2) is 9.35. The van der Waals surface area contributed by atoms with Crippen molar-refractivity contribution in [1.29, 1.82) is 0 Å². The zero-order valence-corrected chi connectivity index (χ0v) is 15.5. The van der Waals surface area contributed by atoms with E-state index in [-0.39, 0.29) is 11.1 Å². The lowest BCUT2D eigenvalue weighted by molar-refractivity contribution is 0.108. The van der Waals surface area contributed by atoms with E-state index in [0.717, 1.165) is 12.8 Å². The number of carbonyl (C=O) groups excluding carboxylic acids is 1. The van der Waals surface area contributed by atoms with Gasteiger partial charge in [-0.25, -0.2) is 0 Å². The fourth-order valence-electron chi connectivity index (χ4n) is 2.17. The lowest BCUT2D eigenvalue weighted by Crippen LogP contribution is -2.10. The first-order valence-corrected chi connectivity index (χ1v) is 9.35. The summed E-state index contributed by atoms with van der Waals surface area (Å²) in [5.41, 5.74) is 1.03. The van der Waals surface area contributed by atoms with E-state index in [9.17, 15) is 13.6 Å². The maximum absolute atomic E-state index is 11.7. The molecule has 1 unspecified atom stereocenters. The Balaban J connectivity index is 2.48. The van der Waals surface area contributed by atoms with Crippen LogP contribution in [0.4, 0.5) is 11.4 Å². The van der Waals surface area contributed by atoms with Gasteiger partial charge >= 0.3 is 0 Å². The van der Waals surface area contributed by atoms with E-state index in [1.165, 1.54) is 6.07 Å². The van der Waals surface area contributed by atoms with Gasteiger partial charge in [0.05, 0.1) is 11.4 Å². The third kappa shape index (κ3) is 5.70. The van der Waals surface area contributed by atoms with Crippen LogP contribution in [-0.2, 0) is 11.3 Å². The first-order chi connectivity index (χ1) is 12.0. The molecule has 0 saturated heterocycles. The average molecular weight is 374 g/mol. The summed E-state index contributed by atoms with van der Waals surface area (Å²) in [6, 6.07) is 12.1. The number of ether oxygens (including phenoxy) is 1. The minimum Gasteiger partial charge on any atom is -0.755 e. The van der Waals surface area contributed by atoms with Gasteiger partial charge in [0, 0.05) is 23.4 Å². The number of hydrogen-bond acceptors (Lipinski definition) is 5. The highest BCUT2D eigenvalue weighted by molar-refractivity contribution is 7.80. The van der Waals surface area contributed by atoms with Crippen molar-refractivity contribution in [1.82, 2.24) is 0 Å². The fourth-order valence-corrected chi connectivity index (χ4v) is 2.65. The monoisotopic (exact) mass is 374 g/mol. The van der Waals surface area contributed by atoms with Gasteiger partial charge in [-0.3, -0.25) is 4.21 Å². The quantitative estimate of drug-likeness (QED) is 0.400. The largest absolute Gasteiger partial charge is 0.755 e. The second-order valence-electron chi connectivity index (χ2n) is 5.26. The molecule has 131 valence electrons. The van der Waals surface area contributed by atoms with Crippen molar-refractivity contribution in [2.24, 2.45) is 0 Å². The standard InChI is InChI=1S/C17H19N2O4SSi/c1-2-3-9-18-14-10-12(17(20)25)11-15(19-24(21)22)16(14)23-13-7-5-4-6-8-13/h4-8,10-11,18-19H,2-3,9H2,1H3,(H,21,22)/p-1. The van der Waals surface area contributed by atoms with Crippen LogP contribution in [0.2, 0.25) is 0 Å². The summed E-state index contributed by atoms with van der Waals surface area (Å²) in [4.78, 5) is 11.7. The van der Waals surface area contributed by atoms with Crippen LogP contribution in [0.1, 0.15) is 30.1 Å². The van der Waals surface area contributed by atoms with Crippen molar-refractivity contribution in [2.75, 3.05) is 16.6 Å². The van der Waals surface area contributed by atoms with E-state index >= 15 is 0 Å². The number of rotatable bonds is 9. The minimum absolute atomic E-state index is 0.181. The van der Waals surface area contributed by atoms with E-state index in [4.69, 9.17) is 4.74 Å². The molecule has 0 saturated carbocycles. The van der Waals surface area contributed by atoms with Gasteiger partial charge in [0.1, 0.15) is 21.4 Å². The molecule has 0 heterocycles. The fraction of sp³-hybridized carbons (Fsp3) is 0.235. The van der Waals surface area contributed by atoms with Gasteiger partial charge in [0.15, 0.2) is 5.75 Å². The number of carbonyl (C=O) groups is 1. The smallest absolute Gasteiger partial charge is 0.174 e. The number of nitrogens with one attached hydrogen (secondary N) is 2. The van der Waals surface area contributed by atoms with Crippen LogP contribution in [0, 0.1) is 0 Å². The number of benzene rings is 2. The molecule has 0 aliphatic carbocycles. The van der Waals surface area contributed by atoms with E-state index in [0.29, 0.717) is 29.3 Å². The summed E-state index contributed by atoms with van der Waals surface area (Å²) in [7, 11) is 2.96. The third-order valence-corrected chi connectivity index (χ3v) is 4.03. The molecule has 0 aliphatic heterocycles. The molecule has 2 aromatic rings. The van der Waals surface area contributed by atoms with Crippen LogP contribution in [0.5, 0.6) is 11.5 Å². The molecule has 0 bridgehead atoms. The highest BCUT2D eigenvalue weighted by atomic mass is 32.2. The van der Waals surface area contributed by atoms with E-state index in [1.807, 2.05) is 18.2 Å². The highest BCUT2D eigenvalue weighted by Crippen LogP contribution is 2.38. The lowest BCUT2D eigenvalue weighted by Gasteiger charge is -2.20. The molecular formula is C17H18N2O4SSi-. The summed E-state index contributed by atoms with van der Waals surface area (Å²) >= 11 is -2.56. The maximum Gasteiger partial charge on any atom is 0.174 e. The Bertz CT molecular complexity index is 756. The van der Waals surface area contributed by atoms with Crippen LogP contribution in [0.25, 0.3) is 0 Å². The molecule has 3 radical (unpaired) electrons. The molecule has 2 rings (SSSR count). The van der Waals surface area contributed by atoms with Gasteiger partial charge < -0.3 is 24.1 Å². The summed E-state index contributed by atoms with van der Waals surface area (Å²) in [6.45, 7) is 2.73. The molecule has 2 aromatic carbocycles. The first kappa shape index (κ1) is 19.2. The molecular weight excluding hydrogens is 356 g/mol. The number of anilines is 2. The predicted molar refractivity (Wildman–Crippen MR) is 99.0 cm³/mol. The Morgan fingerprint density at radius 2 is 1.92 bits per heavy atom. The summed E-state index contributed by atoms with van der Waals surface area (Å²) in [5.74, 6) is 0.862. The molecule has 25 heavy (non-hydrogen) atoms. The van der Waals surface area contributed by atoms with Crippen LogP contribution in [-0.4, -0.2) is 31.0 Å². The zero-order chi connectivity index (χ0) is 18.2. The van der Waals surface area contributed by atoms with Crippen molar-refractivity contribution in [3.8, 4) is 11.5 Å². The number of unbranched alkanes of at least 4 members (excludes halogenated alkanes) is 1. The summed E-state index contributed by atoms with van der Waals surface area (Å²) in [5, 5.41) is 2.85. The van der Waals surface area contributed by atoms with Gasteiger partial charge in [-0.15, -0.1) is 0 Å². The number of para-hydroxylation sites is 1. The number of hydrogen-bond donors (Lipinski definition) is 2. The normalized spacial score (nSPS) is 11.6. The minimum atomic E-state index is -2.56. The van der Waals surface area contributed by atoms with Gasteiger partial charge in [0.25, 0.3) is 0 Å². The molecule has 0 fully saturated rings. The van der Waals surface area contributed by atoms with Crippen molar-refractivity contribution in [3.63, 3.8) is 0 Å². The van der Waals surface area contributed by atoms with Crippen molar-refractivity contribution in [2.45, 2.75) is 19.8 Å². The SMILES string of the molecule is CCCCNc1cc(C(=O)[Si])cc(NS(=O)[O-])c1Oc1ccccc1. The zero-order valence-electron chi connectivity index (χ0n) is 13.7. The molecule has 0 aromatic heterocycles. The molecule has 0 spiro atoms. The Kier molecular flexibility index (Phi) is 7.17. The van der Waals surface area contributed by atoms with Crippen LogP contribution < -0.4 is 14.8 Å². The molecule has 1 atom stereocenters. The van der Waals surface area contributed by atoms with Crippen LogP contribution in [0.15, 0.2) is 42.5 Å². The van der Waals surface area contributed by atoms with Gasteiger partial charge in [-0.05, 0) is 30.7 Å². The van der Waals surface area contributed by atoms with Gasteiger partial charge in [0.2, 0.25) is 0 Å². The van der Waals surface area contributed by atoms with Crippen molar-refractivity contribution < 1.29 is 18.3 Å². The highest BCUT2D eigenvalue weighted by Gasteiger charge is 2.15. The molecule has 6 nitrogen and oxygen atoms in total. The van der Waals surface area contributed by atoms with E-state index in [2.05, 4.69) is 27.2 Å². The van der Waals surface area contributed by atoms with Crippen molar-refractivity contribution in [3.05, 3.63) is 48.0 Å². The maximum atomic E-state index is 11.7. The topological polar surface area (TPSA) is 90.5 Å². The molecule has 0 aliphatic rings. The second-order valence-corrected chi connectivity index (χ2v) is 6.39. The third-order valence-electron chi connectivity index (χ3n) is 3.35. The Morgan fingerprint density at radius 1 is 1.24 bits per heavy atom. The summed E-state index contributed by atoms with van der Waals surface area (Å²) in [6.07, 6.45) is 1.92. The van der Waals surface area contributed by atoms with Gasteiger partial charge in [-0.1, -0.05) is 31.5 Å². The molecule has 2 N–H and O–H groups in total. The van der Waals surface area contributed by atoms with Crippen LogP contribution in [0.3, 0.4) is 0 Å². The first-order valence-electron chi connectivity index (χ1n) is 7.78. The van der Waals surface area contributed by atoms with Crippen molar-refractivity contribution >= 4 is 38.3 Å². The predicted octanol–water partition coefficient (Wildman–Crippen LogP) is 3.21. The average Bonchev–Trinajstić information content (AvgIpc) is 2.57. The summed E-state index contributed by atoms with van der Waals surface area (Å²) < 4.78 is 30.5. The lowest BCUT2D eigenvalue weighted by atomic mass is 10.1. The Hall–Kier alpha value is -2.16. The molecule has 8 heteroatoms. The Morgan fingerprint density at radius 3 is 2.52 bits per heavy atom. The van der Waals surface area contributed by atoms with E-state index < -0.39 is 11.3 Å². The van der Waals surface area contributed by atoms with E-state index in [1.54, 1.807) is 18.2 Å².